The van der Waals surface area contributed by atoms with Gasteiger partial charge in [-0.2, -0.15) is 0 Å². The number of hydrogen-bond donors (Lipinski definition) is 1. The molecule has 0 saturated heterocycles. The van der Waals surface area contributed by atoms with Crippen LogP contribution in [0.25, 0.3) is 0 Å². The maximum absolute atomic E-state index is 9.65. The molecule has 6 aliphatic rings. The molecule has 0 saturated carbocycles. The van der Waals surface area contributed by atoms with E-state index in [-0.39, 0.29) is 45.8 Å². The van der Waals surface area contributed by atoms with Crippen molar-refractivity contribution < 1.29 is 55.3 Å². The average Bonchev–Trinajstić information content (AvgIpc) is 0.679. The molecule has 12 heteroatoms. The SMILES string of the molecule is [2H]c1c([2H])c([2H])c(N(c2cc3c4c(c2)Oc2cc5c(cc2B4c2cc4c(cc2O3)Nc2cc(N(c3c([2H])c([2H])c([2H])c([2H])c3[2H])c3c([2H])c([2H])c([2H])c([2H])c3[2H])cc3c2B4c2ccccc2N3c2ccccc2)B2c3ccccc3Oc3cc(N(c4c([2H])c([2H])c([2H])c([2H])c4[2H])c4c([2H])c([2H])c([2H])c([2H])c4[2H])cc(c32)N5c2c(C)cc(C)cc2C)c2c([2H])c([2H])c([2H])c([2H])c2[2H])c([2H])c1[2H]. The second kappa shape index (κ2) is 23.9. The molecular weight excluding hydrogens is 1280 g/mol. The molecule has 15 aromatic carbocycles. The third-order valence-corrected chi connectivity index (χ3v) is 20.1. The smallest absolute Gasteiger partial charge is 0.260 e. The summed E-state index contributed by atoms with van der Waals surface area (Å²) in [6.07, 6.45) is 0. The molecule has 0 bridgehead atoms. The van der Waals surface area contributed by atoms with Crippen molar-refractivity contribution in [2.24, 2.45) is 0 Å². The number of para-hydroxylation sites is 9. The van der Waals surface area contributed by atoms with E-state index >= 15 is 0 Å². The van der Waals surface area contributed by atoms with Crippen LogP contribution in [0.4, 0.5) is 96.7 Å². The average molecular weight is 1380 g/mol. The van der Waals surface area contributed by atoms with Gasteiger partial charge < -0.3 is 44.0 Å². The van der Waals surface area contributed by atoms with Crippen LogP contribution in [0.5, 0.6) is 34.5 Å². The second-order valence-electron chi connectivity index (χ2n) is 26.0. The number of nitrogens with one attached hydrogen (secondary N) is 1. The van der Waals surface area contributed by atoms with Crippen LogP contribution in [0.15, 0.2) is 333 Å². The summed E-state index contributed by atoms with van der Waals surface area (Å²) in [5.41, 5.74) is 6.98. The van der Waals surface area contributed by atoms with Crippen LogP contribution in [0.1, 0.15) is 57.8 Å². The highest BCUT2D eigenvalue weighted by Gasteiger charge is 2.49. The summed E-state index contributed by atoms with van der Waals surface area (Å²) in [6, 6.07) is 20.9. The van der Waals surface area contributed by atoms with Gasteiger partial charge in [-0.05, 0) is 191 Å². The number of nitrogens with zero attached hydrogens (tertiary/aromatic N) is 5. The van der Waals surface area contributed by atoms with Crippen LogP contribution in [0.2, 0.25) is 0 Å². The summed E-state index contributed by atoms with van der Waals surface area (Å²) in [5, 5.41) is 3.70. The topological polar surface area (TPSA) is 55.9 Å². The molecule has 15 aromatic rings. The van der Waals surface area contributed by atoms with Crippen LogP contribution in [-0.4, -0.2) is 20.1 Å². The van der Waals surface area contributed by atoms with Crippen molar-refractivity contribution in [3.8, 4) is 34.5 Å². The third kappa shape index (κ3) is 9.59. The van der Waals surface area contributed by atoms with Gasteiger partial charge in [0.05, 0.1) is 63.9 Å². The number of hydrogen-bond acceptors (Lipinski definition) is 9. The van der Waals surface area contributed by atoms with Gasteiger partial charge in [0, 0.05) is 110 Å². The molecule has 105 heavy (non-hydrogen) atoms. The van der Waals surface area contributed by atoms with Gasteiger partial charge in [-0.1, -0.05) is 193 Å². The fraction of sp³-hybridized carbons (Fsp3) is 0.0323. The van der Waals surface area contributed by atoms with Gasteiger partial charge in [0.25, 0.3) is 20.1 Å². The van der Waals surface area contributed by atoms with E-state index < -0.39 is 236 Å². The molecule has 0 radical (unpaired) electrons. The standard InChI is InChI=1S/C93H65B3N6O3/c1-59-47-60(2)93(61(3)48-59)102-81-58-86-77(56-75(81)95-73-44-26-28-46-84(73)103-87-52-70(51-83(102)91(87)95)99(64-33-15-6-16-34-64)65-35-17-7-18-36-65)96-76-55-74-78(57-85(76)104-88-53-71(54-89(105-86)92(88)96)100(66-37-19-8-20-38-66)67-39-21-9-22-40-67)97-79-49-69(98(62-29-11-4-12-30-62)63-31-13-5-14-32-63)50-82-90(79)94(74)72-43-25-27-45-80(72)101(82)68-41-23-10-24-42-68/h4-58,97H,1-3H3/i4D,5D,6D,7D,8D,9D,11D,12D,13D,14D,15D,16D,17D,18D,19D,20D,21D,22D,29D,30D,31D,32D,33D,34D,35D,36D,37D,38D,39D,40D. The minimum atomic E-state index is -1.05. The van der Waals surface area contributed by atoms with Crippen molar-refractivity contribution in [2.45, 2.75) is 20.8 Å². The van der Waals surface area contributed by atoms with Gasteiger partial charge in [-0.15, -0.1) is 0 Å². The number of benzene rings is 15. The fourth-order valence-corrected chi connectivity index (χ4v) is 16.2. The van der Waals surface area contributed by atoms with Crippen molar-refractivity contribution in [1.82, 2.24) is 0 Å². The van der Waals surface area contributed by atoms with Gasteiger partial charge in [0.1, 0.15) is 34.5 Å². The Morgan fingerprint density at radius 3 is 1.26 bits per heavy atom. The van der Waals surface area contributed by atoms with Crippen LogP contribution in [-0.2, 0) is 0 Å². The van der Waals surface area contributed by atoms with Crippen molar-refractivity contribution >= 4 is 166 Å². The molecular formula is C93H65B3N6O3. The lowest BCUT2D eigenvalue weighted by Crippen LogP contribution is -2.64. The number of aryl methyl sites for hydroxylation is 3. The zero-order chi connectivity index (χ0) is 95.7. The van der Waals surface area contributed by atoms with Gasteiger partial charge in [0.2, 0.25) is 0 Å². The zero-order valence-corrected chi connectivity index (χ0v) is 55.6. The van der Waals surface area contributed by atoms with E-state index in [1.54, 1.807) is 36.4 Å². The normalized spacial score (nSPS) is 17.1. The molecule has 0 aliphatic carbocycles. The van der Waals surface area contributed by atoms with Crippen LogP contribution >= 0.6 is 0 Å². The summed E-state index contributed by atoms with van der Waals surface area (Å²) in [6.45, 7) is 3.01. The van der Waals surface area contributed by atoms with Crippen molar-refractivity contribution in [2.75, 3.05) is 29.8 Å². The predicted octanol–water partition coefficient (Wildman–Crippen LogP) is 18.5. The molecule has 0 unspecified atom stereocenters. The molecule has 1 N–H and O–H groups in total. The Bertz CT molecular complexity index is 7570. The van der Waals surface area contributed by atoms with E-state index in [2.05, 4.69) is 5.32 Å². The molecule has 6 heterocycles. The number of ether oxygens (including phenoxy) is 3. The molecule has 6 aliphatic heterocycles. The molecule has 0 aromatic heterocycles. The highest BCUT2D eigenvalue weighted by Crippen LogP contribution is 2.52. The summed E-state index contributed by atoms with van der Waals surface area (Å²) < 4.78 is 299. The Kier molecular flexibility index (Phi) is 8.55. The van der Waals surface area contributed by atoms with Crippen LogP contribution in [0, 0.1) is 20.8 Å². The quantitative estimate of drug-likeness (QED) is 0.128. The van der Waals surface area contributed by atoms with Crippen molar-refractivity contribution in [1.29, 1.82) is 0 Å². The van der Waals surface area contributed by atoms with Gasteiger partial charge in [-0.25, -0.2) is 0 Å². The first kappa shape index (κ1) is 37.6. The Morgan fingerprint density at radius 2 is 0.714 bits per heavy atom. The minimum absolute atomic E-state index is 0.0323. The van der Waals surface area contributed by atoms with E-state index in [4.69, 9.17) is 38.9 Å². The third-order valence-electron chi connectivity index (χ3n) is 20.1. The van der Waals surface area contributed by atoms with Crippen molar-refractivity contribution in [3.63, 3.8) is 0 Å². The lowest BCUT2D eigenvalue weighted by atomic mass is 9.30. The Labute approximate surface area is 654 Å². The predicted molar refractivity (Wildman–Crippen MR) is 437 cm³/mol. The summed E-state index contributed by atoms with van der Waals surface area (Å²) in [7, 11) is 0. The van der Waals surface area contributed by atoms with Crippen LogP contribution in [0.3, 0.4) is 0 Å². The molecule has 0 fully saturated rings. The van der Waals surface area contributed by atoms with Gasteiger partial charge >= 0.3 is 0 Å². The lowest BCUT2D eigenvalue weighted by molar-refractivity contribution is 0.465. The first-order chi connectivity index (χ1) is 64.2. The fourth-order valence-electron chi connectivity index (χ4n) is 16.2. The Hall–Kier alpha value is -13.3. The highest BCUT2D eigenvalue weighted by molar-refractivity contribution is 7.03. The van der Waals surface area contributed by atoms with E-state index in [1.807, 2.05) is 128 Å². The Morgan fingerprint density at radius 1 is 0.295 bits per heavy atom. The lowest BCUT2D eigenvalue weighted by Gasteiger charge is -2.43. The van der Waals surface area contributed by atoms with E-state index in [9.17, 15) is 16.4 Å². The first-order valence-electron chi connectivity index (χ1n) is 48.7. The molecule has 9 nitrogen and oxygen atoms in total. The second-order valence-corrected chi connectivity index (χ2v) is 26.0. The van der Waals surface area contributed by atoms with E-state index in [0.717, 1.165) is 25.7 Å². The highest BCUT2D eigenvalue weighted by atomic mass is 16.5. The molecule has 0 spiro atoms. The molecule has 494 valence electrons. The van der Waals surface area contributed by atoms with Gasteiger partial charge in [0.15, 0.2) is 0 Å². The van der Waals surface area contributed by atoms with Crippen molar-refractivity contribution in [3.05, 3.63) is 350 Å². The summed E-state index contributed by atoms with van der Waals surface area (Å²) in [4.78, 5) is 7.05. The maximum Gasteiger partial charge on any atom is 0.260 e. The number of anilines is 17. The van der Waals surface area contributed by atoms with E-state index in [1.165, 1.54) is 18.2 Å². The Balaban J connectivity index is 0.862. The number of rotatable bonds is 11. The van der Waals surface area contributed by atoms with Crippen LogP contribution < -0.4 is 93.2 Å². The largest absolute Gasteiger partial charge is 0.458 e. The molecule has 21 rings (SSSR count). The molecule has 0 amide bonds. The zero-order valence-electron chi connectivity index (χ0n) is 85.6. The monoisotopic (exact) mass is 1380 g/mol. The number of fused-ring (bicyclic) bond motifs is 12. The summed E-state index contributed by atoms with van der Waals surface area (Å²) in [5.74, 6) is 0.650. The minimum Gasteiger partial charge on any atom is -0.458 e. The van der Waals surface area contributed by atoms with E-state index in [0.29, 0.717) is 106 Å². The first-order valence-corrected chi connectivity index (χ1v) is 33.7. The van der Waals surface area contributed by atoms with Gasteiger partial charge in [-0.3, -0.25) is 0 Å². The summed E-state index contributed by atoms with van der Waals surface area (Å²) >= 11 is 0. The molecule has 0 atom stereocenters. The maximum atomic E-state index is 9.65.